The summed E-state index contributed by atoms with van der Waals surface area (Å²) < 4.78 is 0. The van der Waals surface area contributed by atoms with Crippen molar-refractivity contribution in [3.05, 3.63) is 11.1 Å². The van der Waals surface area contributed by atoms with Crippen molar-refractivity contribution in [2.45, 2.75) is 38.3 Å². The zero-order valence-electron chi connectivity index (χ0n) is 8.73. The van der Waals surface area contributed by atoms with Crippen molar-refractivity contribution >= 4 is 16.5 Å². The monoisotopic (exact) mass is 211 g/mol. The van der Waals surface area contributed by atoms with Crippen LogP contribution in [0.1, 0.15) is 25.5 Å². The van der Waals surface area contributed by atoms with Crippen LogP contribution in [0.15, 0.2) is 5.38 Å². The summed E-state index contributed by atoms with van der Waals surface area (Å²) in [5.74, 6) is 0. The van der Waals surface area contributed by atoms with Crippen LogP contribution in [0.4, 0.5) is 5.13 Å². The van der Waals surface area contributed by atoms with Crippen molar-refractivity contribution in [2.75, 3.05) is 11.9 Å². The molecule has 0 spiro atoms. The Morgan fingerprint density at radius 3 is 3.00 bits per heavy atom. The molecule has 78 valence electrons. The number of thiazole rings is 1. The van der Waals surface area contributed by atoms with Gasteiger partial charge in [-0.2, -0.15) is 0 Å². The van der Waals surface area contributed by atoms with Crippen LogP contribution in [0.2, 0.25) is 0 Å². The smallest absolute Gasteiger partial charge is 0.185 e. The van der Waals surface area contributed by atoms with Crippen LogP contribution >= 0.6 is 11.3 Å². The highest BCUT2D eigenvalue weighted by molar-refractivity contribution is 7.13. The number of anilines is 1. The highest BCUT2D eigenvalue weighted by atomic mass is 32.1. The molecule has 0 bridgehead atoms. The van der Waals surface area contributed by atoms with Crippen molar-refractivity contribution in [2.24, 2.45) is 5.73 Å². The lowest BCUT2D eigenvalue weighted by molar-refractivity contribution is 0.724. The minimum atomic E-state index is 0.205. The number of hydrogen-bond donors (Lipinski definition) is 1. The molecule has 1 atom stereocenters. The summed E-state index contributed by atoms with van der Waals surface area (Å²) in [7, 11) is 2.13. The fraction of sp³-hybridized carbons (Fsp3) is 0.700. The van der Waals surface area contributed by atoms with E-state index < -0.39 is 0 Å². The molecule has 0 saturated heterocycles. The zero-order chi connectivity index (χ0) is 10.1. The van der Waals surface area contributed by atoms with E-state index >= 15 is 0 Å². The molecule has 2 rings (SSSR count). The molecule has 1 aliphatic carbocycles. The summed E-state index contributed by atoms with van der Waals surface area (Å²) in [5.41, 5.74) is 6.86. The van der Waals surface area contributed by atoms with Crippen molar-refractivity contribution in [3.8, 4) is 0 Å². The van der Waals surface area contributed by atoms with Gasteiger partial charge in [0.05, 0.1) is 5.69 Å². The first-order valence-electron chi connectivity index (χ1n) is 5.09. The van der Waals surface area contributed by atoms with Gasteiger partial charge < -0.3 is 10.6 Å². The largest absolute Gasteiger partial charge is 0.348 e. The van der Waals surface area contributed by atoms with Gasteiger partial charge >= 0.3 is 0 Å². The second kappa shape index (κ2) is 3.87. The highest BCUT2D eigenvalue weighted by Crippen LogP contribution is 2.31. The third-order valence-corrected chi connectivity index (χ3v) is 3.45. The summed E-state index contributed by atoms with van der Waals surface area (Å²) >= 11 is 1.73. The van der Waals surface area contributed by atoms with E-state index in [1.807, 2.05) is 6.92 Å². The van der Waals surface area contributed by atoms with Crippen LogP contribution in [0.5, 0.6) is 0 Å². The zero-order valence-corrected chi connectivity index (χ0v) is 9.55. The van der Waals surface area contributed by atoms with Gasteiger partial charge in [-0.15, -0.1) is 11.3 Å². The summed E-state index contributed by atoms with van der Waals surface area (Å²) in [4.78, 5) is 6.86. The fourth-order valence-electron chi connectivity index (χ4n) is 1.50. The van der Waals surface area contributed by atoms with Crippen molar-refractivity contribution < 1.29 is 0 Å². The standard InChI is InChI=1S/C10H17N3S/c1-7(11)5-8-6-14-10(12-8)13(2)9-3-4-9/h6-7,9H,3-5,11H2,1-2H3. The van der Waals surface area contributed by atoms with E-state index in [4.69, 9.17) is 5.73 Å². The number of aromatic nitrogens is 1. The van der Waals surface area contributed by atoms with E-state index in [9.17, 15) is 0 Å². The van der Waals surface area contributed by atoms with Gasteiger partial charge in [-0.1, -0.05) is 0 Å². The third-order valence-electron chi connectivity index (χ3n) is 2.47. The molecular formula is C10H17N3S. The van der Waals surface area contributed by atoms with Gasteiger partial charge in [-0.05, 0) is 19.8 Å². The SMILES string of the molecule is CC(N)Cc1csc(N(C)C2CC2)n1. The van der Waals surface area contributed by atoms with Gasteiger partial charge in [0, 0.05) is 30.9 Å². The molecule has 14 heavy (non-hydrogen) atoms. The lowest BCUT2D eigenvalue weighted by atomic mass is 10.2. The van der Waals surface area contributed by atoms with Gasteiger partial charge in [-0.3, -0.25) is 0 Å². The maximum Gasteiger partial charge on any atom is 0.185 e. The molecule has 1 fully saturated rings. The summed E-state index contributed by atoms with van der Waals surface area (Å²) in [6.45, 7) is 2.02. The Morgan fingerprint density at radius 2 is 2.43 bits per heavy atom. The molecule has 1 aromatic heterocycles. The fourth-order valence-corrected chi connectivity index (χ4v) is 2.38. The van der Waals surface area contributed by atoms with Gasteiger partial charge in [0.25, 0.3) is 0 Å². The number of hydrogen-bond acceptors (Lipinski definition) is 4. The summed E-state index contributed by atoms with van der Waals surface area (Å²) in [5, 5.41) is 3.26. The Hall–Kier alpha value is -0.610. The Bertz CT molecular complexity index is 304. The lowest BCUT2D eigenvalue weighted by Gasteiger charge is -2.13. The normalized spacial score (nSPS) is 18.2. The van der Waals surface area contributed by atoms with E-state index in [-0.39, 0.29) is 6.04 Å². The number of nitrogens with zero attached hydrogens (tertiary/aromatic N) is 2. The van der Waals surface area contributed by atoms with Gasteiger partial charge in [0.15, 0.2) is 5.13 Å². The molecule has 1 saturated carbocycles. The molecule has 0 aliphatic heterocycles. The summed E-state index contributed by atoms with van der Waals surface area (Å²) in [6, 6.07) is 0.945. The Morgan fingerprint density at radius 1 is 1.71 bits per heavy atom. The van der Waals surface area contributed by atoms with Crippen LogP contribution in [-0.2, 0) is 6.42 Å². The first kappa shape index (κ1) is 9.93. The van der Waals surface area contributed by atoms with E-state index in [1.165, 1.54) is 12.8 Å². The maximum atomic E-state index is 5.73. The van der Waals surface area contributed by atoms with Crippen LogP contribution in [0.25, 0.3) is 0 Å². The van der Waals surface area contributed by atoms with E-state index in [1.54, 1.807) is 11.3 Å². The molecule has 4 heteroatoms. The average molecular weight is 211 g/mol. The number of nitrogens with two attached hydrogens (primary N) is 1. The van der Waals surface area contributed by atoms with Gasteiger partial charge in [0.1, 0.15) is 0 Å². The van der Waals surface area contributed by atoms with Crippen molar-refractivity contribution in [1.29, 1.82) is 0 Å². The predicted octanol–water partition coefficient (Wildman–Crippen LogP) is 1.63. The van der Waals surface area contributed by atoms with Gasteiger partial charge in [-0.25, -0.2) is 4.98 Å². The lowest BCUT2D eigenvalue weighted by Crippen LogP contribution is -2.20. The highest BCUT2D eigenvalue weighted by Gasteiger charge is 2.27. The molecule has 0 radical (unpaired) electrons. The second-order valence-electron chi connectivity index (χ2n) is 4.14. The molecule has 0 amide bonds. The van der Waals surface area contributed by atoms with Crippen LogP contribution in [0, 0.1) is 0 Å². The Kier molecular flexibility index (Phi) is 2.74. The first-order chi connectivity index (χ1) is 6.66. The molecule has 1 unspecified atom stereocenters. The molecule has 0 aromatic carbocycles. The third kappa shape index (κ3) is 2.25. The molecule has 2 N–H and O–H groups in total. The van der Waals surface area contributed by atoms with E-state index in [0.717, 1.165) is 23.3 Å². The second-order valence-corrected chi connectivity index (χ2v) is 4.98. The molecule has 3 nitrogen and oxygen atoms in total. The molecule has 1 aromatic rings. The quantitative estimate of drug-likeness (QED) is 0.823. The topological polar surface area (TPSA) is 42.1 Å². The Balaban J connectivity index is 2.01. The molecular weight excluding hydrogens is 194 g/mol. The summed E-state index contributed by atoms with van der Waals surface area (Å²) in [6.07, 6.45) is 3.52. The van der Waals surface area contributed by atoms with Gasteiger partial charge in [0.2, 0.25) is 0 Å². The van der Waals surface area contributed by atoms with Crippen molar-refractivity contribution in [1.82, 2.24) is 4.98 Å². The first-order valence-corrected chi connectivity index (χ1v) is 5.97. The van der Waals surface area contributed by atoms with Crippen LogP contribution < -0.4 is 10.6 Å². The van der Waals surface area contributed by atoms with Crippen molar-refractivity contribution in [3.63, 3.8) is 0 Å². The van der Waals surface area contributed by atoms with Crippen LogP contribution in [-0.4, -0.2) is 24.1 Å². The van der Waals surface area contributed by atoms with Crippen LogP contribution in [0.3, 0.4) is 0 Å². The minimum Gasteiger partial charge on any atom is -0.348 e. The Labute approximate surface area is 88.9 Å². The minimum absolute atomic E-state index is 0.205. The molecule has 1 heterocycles. The number of rotatable bonds is 4. The molecule has 1 aliphatic rings. The van der Waals surface area contributed by atoms with E-state index in [0.29, 0.717) is 0 Å². The average Bonchev–Trinajstić information content (AvgIpc) is 2.86. The van der Waals surface area contributed by atoms with E-state index in [2.05, 4.69) is 22.3 Å². The predicted molar refractivity (Wildman–Crippen MR) is 60.9 cm³/mol. The maximum absolute atomic E-state index is 5.73.